The topological polar surface area (TPSA) is 96.0 Å². The van der Waals surface area contributed by atoms with Gasteiger partial charge in [0.05, 0.1) is 11.1 Å². The summed E-state index contributed by atoms with van der Waals surface area (Å²) in [4.78, 5) is 0. The van der Waals surface area contributed by atoms with Crippen molar-refractivity contribution in [2.24, 2.45) is 11.7 Å². The Morgan fingerprint density at radius 3 is 2.33 bits per heavy atom. The van der Waals surface area contributed by atoms with Crippen molar-refractivity contribution in [3.05, 3.63) is 0 Å². The molecule has 2 atom stereocenters. The lowest BCUT2D eigenvalue weighted by atomic mass is 10.0. The third kappa shape index (κ3) is 3.03. The van der Waals surface area contributed by atoms with Gasteiger partial charge in [-0.2, -0.15) is 0 Å². The zero-order valence-corrected chi connectivity index (χ0v) is 11.5. The van der Waals surface area contributed by atoms with Gasteiger partial charge in [-0.1, -0.05) is 25.7 Å². The van der Waals surface area contributed by atoms with E-state index < -0.39 is 10.0 Å². The van der Waals surface area contributed by atoms with Crippen LogP contribution >= 0.6 is 0 Å². The van der Waals surface area contributed by atoms with Gasteiger partial charge in [-0.3, -0.25) is 5.41 Å². The molecule has 0 saturated heterocycles. The molecule has 0 aromatic heterocycles. The number of nitrogens with one attached hydrogen (secondary N) is 2. The Bertz CT molecular complexity index is 402. The van der Waals surface area contributed by atoms with Gasteiger partial charge in [-0.15, -0.1) is 0 Å². The second-order valence-corrected chi connectivity index (χ2v) is 7.51. The molecule has 0 heterocycles. The average molecular weight is 273 g/mol. The highest BCUT2D eigenvalue weighted by atomic mass is 32.2. The van der Waals surface area contributed by atoms with Crippen LogP contribution in [-0.4, -0.2) is 25.5 Å². The van der Waals surface area contributed by atoms with Gasteiger partial charge in [-0.05, 0) is 25.7 Å². The Labute approximate surface area is 109 Å². The Hall–Kier alpha value is -0.620. The van der Waals surface area contributed by atoms with E-state index in [1.54, 1.807) is 0 Å². The van der Waals surface area contributed by atoms with E-state index in [0.29, 0.717) is 0 Å². The highest BCUT2D eigenvalue weighted by Gasteiger charge is 2.35. The third-order valence-electron chi connectivity index (χ3n) is 4.22. The van der Waals surface area contributed by atoms with Gasteiger partial charge in [0, 0.05) is 12.0 Å². The molecule has 18 heavy (non-hydrogen) atoms. The number of rotatable bonds is 4. The molecule has 0 spiro atoms. The minimum Gasteiger partial charge on any atom is -0.387 e. The van der Waals surface area contributed by atoms with Gasteiger partial charge in [0.15, 0.2) is 0 Å². The molecule has 0 radical (unpaired) electrons. The third-order valence-corrected chi connectivity index (χ3v) is 6.20. The largest absolute Gasteiger partial charge is 0.387 e. The second-order valence-electron chi connectivity index (χ2n) is 5.52. The molecule has 0 amide bonds. The van der Waals surface area contributed by atoms with E-state index in [1.807, 2.05) is 0 Å². The summed E-state index contributed by atoms with van der Waals surface area (Å²) in [5.74, 6) is 0.00668. The summed E-state index contributed by atoms with van der Waals surface area (Å²) < 4.78 is 27.4. The molecule has 0 bridgehead atoms. The van der Waals surface area contributed by atoms with Gasteiger partial charge in [0.1, 0.15) is 0 Å². The zero-order chi connectivity index (χ0) is 13.2. The molecule has 0 aromatic rings. The van der Waals surface area contributed by atoms with Gasteiger partial charge in [-0.25, -0.2) is 13.1 Å². The second kappa shape index (κ2) is 5.57. The summed E-state index contributed by atoms with van der Waals surface area (Å²) in [6, 6.07) is -0.158. The van der Waals surface area contributed by atoms with Crippen LogP contribution in [0.5, 0.6) is 0 Å². The Balaban J connectivity index is 2.00. The van der Waals surface area contributed by atoms with E-state index in [0.717, 1.165) is 51.4 Å². The van der Waals surface area contributed by atoms with Gasteiger partial charge < -0.3 is 5.73 Å². The fourth-order valence-electron chi connectivity index (χ4n) is 3.16. The first-order valence-electron chi connectivity index (χ1n) is 6.86. The van der Waals surface area contributed by atoms with Crippen LogP contribution in [0.25, 0.3) is 0 Å². The Morgan fingerprint density at radius 2 is 1.72 bits per heavy atom. The molecule has 0 aromatic carbocycles. The van der Waals surface area contributed by atoms with Crippen molar-refractivity contribution >= 4 is 15.9 Å². The van der Waals surface area contributed by atoms with Crippen molar-refractivity contribution in [2.75, 3.05) is 0 Å². The lowest BCUT2D eigenvalue weighted by molar-refractivity contribution is 0.462. The summed E-state index contributed by atoms with van der Waals surface area (Å²) in [5, 5.41) is 7.28. The van der Waals surface area contributed by atoms with E-state index in [-0.39, 0.29) is 23.0 Å². The average Bonchev–Trinajstić information content (AvgIpc) is 2.78. The quantitative estimate of drug-likeness (QED) is 0.533. The van der Waals surface area contributed by atoms with Crippen LogP contribution in [0.15, 0.2) is 0 Å². The Morgan fingerprint density at radius 1 is 1.06 bits per heavy atom. The smallest absolute Gasteiger partial charge is 0.214 e. The zero-order valence-electron chi connectivity index (χ0n) is 10.7. The van der Waals surface area contributed by atoms with Crippen molar-refractivity contribution in [3.8, 4) is 0 Å². The van der Waals surface area contributed by atoms with Crippen LogP contribution in [0.2, 0.25) is 0 Å². The highest BCUT2D eigenvalue weighted by Crippen LogP contribution is 2.28. The molecule has 0 aliphatic heterocycles. The van der Waals surface area contributed by atoms with E-state index >= 15 is 0 Å². The lowest BCUT2D eigenvalue weighted by Crippen LogP contribution is -2.46. The number of sulfonamides is 1. The summed E-state index contributed by atoms with van der Waals surface area (Å²) in [7, 11) is -3.24. The molecule has 2 aliphatic rings. The monoisotopic (exact) mass is 273 g/mol. The maximum absolute atomic E-state index is 12.3. The first-order chi connectivity index (χ1) is 8.50. The maximum Gasteiger partial charge on any atom is 0.214 e. The molecular formula is C12H23N3O2S. The first-order valence-corrected chi connectivity index (χ1v) is 8.40. The van der Waals surface area contributed by atoms with Gasteiger partial charge >= 0.3 is 0 Å². The van der Waals surface area contributed by atoms with Crippen LogP contribution in [0.1, 0.15) is 51.4 Å². The normalized spacial score (nSPS) is 30.4. The van der Waals surface area contributed by atoms with E-state index in [9.17, 15) is 8.42 Å². The van der Waals surface area contributed by atoms with Crippen molar-refractivity contribution in [3.63, 3.8) is 0 Å². The van der Waals surface area contributed by atoms with Crippen molar-refractivity contribution in [2.45, 2.75) is 62.7 Å². The molecule has 6 heteroatoms. The summed E-state index contributed by atoms with van der Waals surface area (Å²) in [5.41, 5.74) is 5.53. The van der Waals surface area contributed by atoms with Crippen molar-refractivity contribution in [1.82, 2.24) is 4.72 Å². The van der Waals surface area contributed by atoms with E-state index in [4.69, 9.17) is 11.1 Å². The number of nitrogens with two attached hydrogens (primary N) is 1. The molecule has 2 saturated carbocycles. The predicted octanol–water partition coefficient (Wildman–Crippen LogP) is 1.34. The highest BCUT2D eigenvalue weighted by molar-refractivity contribution is 7.90. The van der Waals surface area contributed by atoms with Crippen molar-refractivity contribution in [1.29, 1.82) is 5.41 Å². The van der Waals surface area contributed by atoms with Crippen LogP contribution in [-0.2, 0) is 10.0 Å². The number of amidine groups is 1. The standard InChI is InChI=1S/C12H23N3O2S/c13-12(14)10-7-4-8-11(10)15-18(16,17)9-5-2-1-3-6-9/h9-11,15H,1-8H2,(H3,13,14). The number of hydrogen-bond donors (Lipinski definition) is 3. The minimum absolute atomic E-state index is 0.108. The molecule has 2 rings (SSSR count). The number of hydrogen-bond acceptors (Lipinski definition) is 3. The predicted molar refractivity (Wildman–Crippen MR) is 72.0 cm³/mol. The molecule has 104 valence electrons. The van der Waals surface area contributed by atoms with Crippen LogP contribution < -0.4 is 10.5 Å². The molecule has 5 nitrogen and oxygen atoms in total. The molecular weight excluding hydrogens is 250 g/mol. The maximum atomic E-state index is 12.3. The van der Waals surface area contributed by atoms with Crippen LogP contribution in [0.3, 0.4) is 0 Å². The first kappa shape index (κ1) is 13.8. The molecule has 2 aliphatic carbocycles. The lowest BCUT2D eigenvalue weighted by Gasteiger charge is -2.26. The SMILES string of the molecule is N=C(N)C1CCCC1NS(=O)(=O)C1CCCCC1. The summed E-state index contributed by atoms with van der Waals surface area (Å²) >= 11 is 0. The molecule has 4 N–H and O–H groups in total. The van der Waals surface area contributed by atoms with E-state index in [2.05, 4.69) is 4.72 Å². The van der Waals surface area contributed by atoms with Gasteiger partial charge in [0.25, 0.3) is 0 Å². The minimum atomic E-state index is -3.24. The fraction of sp³-hybridized carbons (Fsp3) is 0.917. The fourth-order valence-corrected chi connectivity index (χ4v) is 5.01. The van der Waals surface area contributed by atoms with Crippen LogP contribution in [0.4, 0.5) is 0 Å². The summed E-state index contributed by atoms with van der Waals surface area (Å²) in [6.45, 7) is 0. The Kier molecular flexibility index (Phi) is 4.27. The molecule has 2 unspecified atom stereocenters. The van der Waals surface area contributed by atoms with Crippen LogP contribution in [0, 0.1) is 11.3 Å². The van der Waals surface area contributed by atoms with Crippen molar-refractivity contribution < 1.29 is 8.42 Å². The summed E-state index contributed by atoms with van der Waals surface area (Å²) in [6.07, 6.45) is 7.27. The molecule has 2 fully saturated rings. The van der Waals surface area contributed by atoms with E-state index in [1.165, 1.54) is 0 Å². The van der Waals surface area contributed by atoms with Gasteiger partial charge in [0.2, 0.25) is 10.0 Å².